The second-order valence-corrected chi connectivity index (χ2v) is 16.7. The number of benzene rings is 7. The molecule has 1 aliphatic carbocycles. The third-order valence-electron chi connectivity index (χ3n) is 11.9. The van der Waals surface area contributed by atoms with Gasteiger partial charge in [0.25, 0.3) is 0 Å². The van der Waals surface area contributed by atoms with Crippen LogP contribution in [-0.4, -0.2) is 21.3 Å². The Balaban J connectivity index is 1.05. The summed E-state index contributed by atoms with van der Waals surface area (Å²) in [6.07, 6.45) is 7.75. The summed E-state index contributed by atoms with van der Waals surface area (Å²) >= 11 is 1.84. The molecule has 5 heteroatoms. The van der Waals surface area contributed by atoms with E-state index in [1.54, 1.807) is 0 Å². The van der Waals surface area contributed by atoms with Crippen molar-refractivity contribution < 1.29 is 0 Å². The molecule has 10 rings (SSSR count). The highest BCUT2D eigenvalue weighted by molar-refractivity contribution is 8.00. The van der Waals surface area contributed by atoms with Gasteiger partial charge in [-0.05, 0) is 76.7 Å². The number of nitrogens with zero attached hydrogens (tertiary/aromatic N) is 3. The van der Waals surface area contributed by atoms with Gasteiger partial charge in [0.2, 0.25) is 0 Å². The van der Waals surface area contributed by atoms with E-state index in [1.165, 1.54) is 44.4 Å². The van der Waals surface area contributed by atoms with E-state index in [1.807, 2.05) is 30.0 Å². The van der Waals surface area contributed by atoms with Gasteiger partial charge in [0, 0.05) is 55.4 Å². The van der Waals surface area contributed by atoms with Crippen LogP contribution in [0.5, 0.6) is 0 Å². The smallest absolute Gasteiger partial charge is 0.160 e. The van der Waals surface area contributed by atoms with Gasteiger partial charge in [0.1, 0.15) is 0 Å². The quantitative estimate of drug-likeness (QED) is 0.117. The average Bonchev–Trinajstić information content (AvgIpc) is 3.64. The second kappa shape index (κ2) is 15.6. The predicted molar refractivity (Wildman–Crippen MR) is 249 cm³/mol. The normalized spacial score (nSPS) is 16.1. The Morgan fingerprint density at radius 2 is 1.25 bits per heavy atom. The third kappa shape index (κ3) is 6.62. The van der Waals surface area contributed by atoms with Crippen molar-refractivity contribution in [2.45, 2.75) is 42.4 Å². The van der Waals surface area contributed by atoms with E-state index >= 15 is 0 Å². The molecule has 2 N–H and O–H groups in total. The summed E-state index contributed by atoms with van der Waals surface area (Å²) < 4.78 is 0. The maximum Gasteiger partial charge on any atom is 0.160 e. The van der Waals surface area contributed by atoms with E-state index in [9.17, 15) is 0 Å². The molecule has 8 aromatic rings. The molecule has 1 aromatic heterocycles. The first kappa shape index (κ1) is 36.6. The van der Waals surface area contributed by atoms with Gasteiger partial charge < -0.3 is 10.6 Å². The number of thioether (sulfide) groups is 1. The number of rotatable bonds is 9. The van der Waals surface area contributed by atoms with Crippen LogP contribution in [0.2, 0.25) is 0 Å². The summed E-state index contributed by atoms with van der Waals surface area (Å²) in [7, 11) is 0. The standard InChI is InChI=1S/C54H44N4S/c1-3-40-51(37-17-6-4-7-18-37)56-54(38-19-8-5-9-20-38)57-52(40)46-34-33-42(43-21-10-11-22-44(43)46)36-29-31-39(32-30-36)58-49-27-14-12-23-45(49)47-25-16-24-41(53(47)58)35(2)59-50-28-15-13-26-48(50)55/h4-35,47,53H,3,55H2,1-2H3. The van der Waals surface area contributed by atoms with Crippen LogP contribution < -0.4 is 10.6 Å². The van der Waals surface area contributed by atoms with Crippen molar-refractivity contribution >= 4 is 39.6 Å². The Morgan fingerprint density at radius 1 is 0.627 bits per heavy atom. The van der Waals surface area contributed by atoms with Gasteiger partial charge in [-0.1, -0.05) is 165 Å². The Morgan fingerprint density at radius 3 is 2.00 bits per heavy atom. The Bertz CT molecular complexity index is 2880. The maximum absolute atomic E-state index is 6.43. The second-order valence-electron chi connectivity index (χ2n) is 15.3. The minimum atomic E-state index is 0.165. The zero-order valence-corrected chi connectivity index (χ0v) is 34.0. The molecule has 2 aliphatic rings. The van der Waals surface area contributed by atoms with Crippen LogP contribution in [0.15, 0.2) is 199 Å². The number of para-hydroxylation sites is 2. The third-order valence-corrected chi connectivity index (χ3v) is 13.1. The summed E-state index contributed by atoms with van der Waals surface area (Å²) in [5.74, 6) is 0.993. The lowest BCUT2D eigenvalue weighted by molar-refractivity contribution is 0.686. The average molecular weight is 781 g/mol. The van der Waals surface area contributed by atoms with Gasteiger partial charge in [0.05, 0.1) is 17.4 Å². The summed E-state index contributed by atoms with van der Waals surface area (Å²) in [4.78, 5) is 14.2. The highest BCUT2D eigenvalue weighted by Gasteiger charge is 2.42. The van der Waals surface area contributed by atoms with Gasteiger partial charge in [-0.25, -0.2) is 9.97 Å². The van der Waals surface area contributed by atoms with Crippen molar-refractivity contribution in [2.24, 2.45) is 0 Å². The van der Waals surface area contributed by atoms with Crippen LogP contribution in [0.3, 0.4) is 0 Å². The Labute approximate surface area is 350 Å². The van der Waals surface area contributed by atoms with Crippen LogP contribution in [0.25, 0.3) is 55.8 Å². The van der Waals surface area contributed by atoms with Crippen molar-refractivity contribution in [3.05, 3.63) is 205 Å². The van der Waals surface area contributed by atoms with Crippen molar-refractivity contribution in [1.82, 2.24) is 9.97 Å². The van der Waals surface area contributed by atoms with Gasteiger partial charge >= 0.3 is 0 Å². The van der Waals surface area contributed by atoms with Crippen LogP contribution in [0.1, 0.15) is 30.9 Å². The lowest BCUT2D eigenvalue weighted by atomic mass is 9.85. The molecule has 286 valence electrons. The predicted octanol–water partition coefficient (Wildman–Crippen LogP) is 13.7. The number of allylic oxidation sites excluding steroid dienone is 2. The van der Waals surface area contributed by atoms with E-state index < -0.39 is 0 Å². The molecule has 0 amide bonds. The molecule has 0 fully saturated rings. The molecule has 7 aromatic carbocycles. The molecule has 3 unspecified atom stereocenters. The minimum Gasteiger partial charge on any atom is -0.398 e. The summed E-state index contributed by atoms with van der Waals surface area (Å²) in [5, 5.41) is 2.60. The zero-order valence-electron chi connectivity index (χ0n) is 33.2. The van der Waals surface area contributed by atoms with Gasteiger partial charge in [-0.15, -0.1) is 11.8 Å². The van der Waals surface area contributed by atoms with Crippen molar-refractivity contribution in [3.8, 4) is 45.0 Å². The van der Waals surface area contributed by atoms with Crippen LogP contribution >= 0.6 is 11.8 Å². The molecule has 0 radical (unpaired) electrons. The SMILES string of the molecule is CCc1c(-c2ccccc2)nc(-c2ccccc2)nc1-c1ccc(-c2ccc(N3c4ccccc4C4C=CC=C(C(C)Sc5ccccc5N)C43)cc2)c2ccccc12. The molecular weight excluding hydrogens is 737 g/mol. The van der Waals surface area contributed by atoms with Crippen molar-refractivity contribution in [1.29, 1.82) is 0 Å². The van der Waals surface area contributed by atoms with Crippen molar-refractivity contribution in [2.75, 3.05) is 10.6 Å². The maximum atomic E-state index is 6.43. The fraction of sp³-hybridized carbons (Fsp3) is 0.111. The lowest BCUT2D eigenvalue weighted by Gasteiger charge is -2.35. The summed E-state index contributed by atoms with van der Waals surface area (Å²) in [6, 6.07) is 60.6. The topological polar surface area (TPSA) is 55.0 Å². The first-order chi connectivity index (χ1) is 29.1. The number of nitrogen functional groups attached to an aromatic ring is 1. The highest BCUT2D eigenvalue weighted by atomic mass is 32.2. The number of anilines is 3. The Hall–Kier alpha value is -6.69. The number of hydrogen-bond acceptors (Lipinski definition) is 5. The molecule has 0 bridgehead atoms. The van der Waals surface area contributed by atoms with Crippen LogP contribution in [-0.2, 0) is 6.42 Å². The number of hydrogen-bond donors (Lipinski definition) is 1. The molecule has 0 spiro atoms. The first-order valence-corrected chi connectivity index (χ1v) is 21.4. The molecule has 0 saturated heterocycles. The first-order valence-electron chi connectivity index (χ1n) is 20.5. The molecule has 59 heavy (non-hydrogen) atoms. The fourth-order valence-electron chi connectivity index (χ4n) is 9.09. The van der Waals surface area contributed by atoms with E-state index in [0.717, 1.165) is 56.5 Å². The Kier molecular flexibility index (Phi) is 9.67. The van der Waals surface area contributed by atoms with Gasteiger partial charge in [-0.2, -0.15) is 0 Å². The monoisotopic (exact) mass is 780 g/mol. The van der Waals surface area contributed by atoms with Gasteiger partial charge in [0.15, 0.2) is 5.82 Å². The number of nitrogens with two attached hydrogens (primary N) is 1. The molecular formula is C54H44N4S. The van der Waals surface area contributed by atoms with E-state index in [4.69, 9.17) is 15.7 Å². The molecule has 2 heterocycles. The van der Waals surface area contributed by atoms with Crippen LogP contribution in [0, 0.1) is 0 Å². The van der Waals surface area contributed by atoms with Crippen LogP contribution in [0.4, 0.5) is 17.1 Å². The largest absolute Gasteiger partial charge is 0.398 e. The number of fused-ring (bicyclic) bond motifs is 4. The lowest BCUT2D eigenvalue weighted by Crippen LogP contribution is -2.35. The fourth-order valence-corrected chi connectivity index (χ4v) is 10.2. The highest BCUT2D eigenvalue weighted by Crippen LogP contribution is 2.52. The molecule has 3 atom stereocenters. The molecule has 0 saturated carbocycles. The molecule has 4 nitrogen and oxygen atoms in total. The van der Waals surface area contributed by atoms with E-state index in [0.29, 0.717) is 0 Å². The van der Waals surface area contributed by atoms with Gasteiger partial charge in [-0.3, -0.25) is 0 Å². The molecule has 1 aliphatic heterocycles. The number of aromatic nitrogens is 2. The van der Waals surface area contributed by atoms with Crippen molar-refractivity contribution in [3.63, 3.8) is 0 Å². The minimum absolute atomic E-state index is 0.165. The van der Waals surface area contributed by atoms with E-state index in [-0.39, 0.29) is 17.2 Å². The summed E-state index contributed by atoms with van der Waals surface area (Å²) in [5.41, 5.74) is 21.2. The zero-order chi connectivity index (χ0) is 39.9. The van der Waals surface area contributed by atoms with E-state index in [2.05, 4.69) is 189 Å². The summed E-state index contributed by atoms with van der Waals surface area (Å²) in [6.45, 7) is 4.52.